The molecule has 2 bridgehead atoms. The number of rotatable bonds is 1. The highest BCUT2D eigenvalue weighted by Gasteiger charge is 2.21. The van der Waals surface area contributed by atoms with Crippen molar-refractivity contribution in [3.05, 3.63) is 28.2 Å². The van der Waals surface area contributed by atoms with Gasteiger partial charge in [0.15, 0.2) is 0 Å². The summed E-state index contributed by atoms with van der Waals surface area (Å²) >= 11 is 3.35. The number of aromatic hydroxyl groups is 1. The standard InChI is InChI=1S/C9H11BrO.C6H12N2/c1-6(2)8-5-7(10)3-4-9(8)11;1-2-8-5-3-7(1)4-6-8/h3-6,11H,1-2H3;1-6H2. The number of fused-ring (bicyclic) bond motifs is 3. The van der Waals surface area contributed by atoms with E-state index in [-0.39, 0.29) is 0 Å². The topological polar surface area (TPSA) is 26.7 Å². The van der Waals surface area contributed by atoms with Gasteiger partial charge in [-0.05, 0) is 29.7 Å². The Balaban J connectivity index is 0.000000146. The summed E-state index contributed by atoms with van der Waals surface area (Å²) in [4.78, 5) is 5.08. The zero-order chi connectivity index (χ0) is 13.8. The van der Waals surface area contributed by atoms with E-state index in [0.29, 0.717) is 11.7 Å². The van der Waals surface area contributed by atoms with Crippen molar-refractivity contribution < 1.29 is 5.11 Å². The molecule has 3 aliphatic rings. The van der Waals surface area contributed by atoms with Gasteiger partial charge in [0.1, 0.15) is 5.75 Å². The third kappa shape index (κ3) is 4.20. The van der Waals surface area contributed by atoms with E-state index in [1.54, 1.807) is 6.07 Å². The molecular formula is C15H23BrN2O. The Morgan fingerprint density at radius 2 is 1.47 bits per heavy atom. The SMILES string of the molecule is C1CN2CCN1CC2.CC(C)c1cc(Br)ccc1O. The summed E-state index contributed by atoms with van der Waals surface area (Å²) in [5.41, 5.74) is 0.986. The van der Waals surface area contributed by atoms with Gasteiger partial charge in [0.2, 0.25) is 0 Å². The minimum Gasteiger partial charge on any atom is -0.508 e. The molecule has 0 aromatic heterocycles. The lowest BCUT2D eigenvalue weighted by molar-refractivity contribution is 0.0647. The molecule has 0 unspecified atom stereocenters. The smallest absolute Gasteiger partial charge is 0.119 e. The molecule has 3 fully saturated rings. The van der Waals surface area contributed by atoms with E-state index in [1.807, 2.05) is 12.1 Å². The zero-order valence-electron chi connectivity index (χ0n) is 11.8. The lowest BCUT2D eigenvalue weighted by atomic mass is 10.0. The van der Waals surface area contributed by atoms with Crippen LogP contribution in [0.4, 0.5) is 0 Å². The van der Waals surface area contributed by atoms with Crippen molar-refractivity contribution in [2.24, 2.45) is 0 Å². The molecule has 19 heavy (non-hydrogen) atoms. The van der Waals surface area contributed by atoms with Gasteiger partial charge in [0, 0.05) is 43.7 Å². The molecule has 0 radical (unpaired) electrons. The molecule has 4 heteroatoms. The van der Waals surface area contributed by atoms with E-state index in [9.17, 15) is 5.11 Å². The Morgan fingerprint density at radius 1 is 1.00 bits per heavy atom. The lowest BCUT2D eigenvalue weighted by Crippen LogP contribution is -2.55. The van der Waals surface area contributed by atoms with Crippen LogP contribution in [-0.2, 0) is 0 Å². The van der Waals surface area contributed by atoms with Crippen molar-refractivity contribution in [3.8, 4) is 5.75 Å². The van der Waals surface area contributed by atoms with Crippen LogP contribution in [0.15, 0.2) is 22.7 Å². The van der Waals surface area contributed by atoms with E-state index >= 15 is 0 Å². The maximum absolute atomic E-state index is 9.38. The van der Waals surface area contributed by atoms with Crippen molar-refractivity contribution in [2.75, 3.05) is 39.3 Å². The van der Waals surface area contributed by atoms with Gasteiger partial charge in [-0.25, -0.2) is 0 Å². The zero-order valence-corrected chi connectivity index (χ0v) is 13.4. The number of phenolic OH excluding ortho intramolecular Hbond substituents is 1. The van der Waals surface area contributed by atoms with E-state index in [1.165, 1.54) is 39.3 Å². The van der Waals surface area contributed by atoms with Crippen molar-refractivity contribution in [1.82, 2.24) is 9.80 Å². The van der Waals surface area contributed by atoms with Gasteiger partial charge >= 0.3 is 0 Å². The third-order valence-electron chi connectivity index (χ3n) is 3.81. The molecule has 106 valence electrons. The molecule has 0 aliphatic carbocycles. The van der Waals surface area contributed by atoms with Gasteiger partial charge in [-0.2, -0.15) is 0 Å². The van der Waals surface area contributed by atoms with Gasteiger partial charge in [0.25, 0.3) is 0 Å². The highest BCUT2D eigenvalue weighted by atomic mass is 79.9. The molecule has 1 aromatic rings. The Bertz CT molecular complexity index is 392. The lowest BCUT2D eigenvalue weighted by Gasteiger charge is -2.41. The second kappa shape index (κ2) is 6.73. The van der Waals surface area contributed by atoms with Crippen LogP contribution in [0.25, 0.3) is 0 Å². The summed E-state index contributed by atoms with van der Waals surface area (Å²) in [6.45, 7) is 12.0. The largest absolute Gasteiger partial charge is 0.508 e. The molecule has 3 heterocycles. The summed E-state index contributed by atoms with van der Waals surface area (Å²) in [6, 6.07) is 5.49. The Morgan fingerprint density at radius 3 is 1.79 bits per heavy atom. The highest BCUT2D eigenvalue weighted by molar-refractivity contribution is 9.10. The average Bonchev–Trinajstić information content (AvgIpc) is 2.44. The average molecular weight is 327 g/mol. The summed E-state index contributed by atoms with van der Waals surface area (Å²) in [5.74, 6) is 0.746. The Hall–Kier alpha value is -0.580. The van der Waals surface area contributed by atoms with Gasteiger partial charge < -0.3 is 5.11 Å². The fraction of sp³-hybridized carbons (Fsp3) is 0.600. The van der Waals surface area contributed by atoms with E-state index in [0.717, 1.165) is 10.0 Å². The summed E-state index contributed by atoms with van der Waals surface area (Å²) < 4.78 is 1.01. The van der Waals surface area contributed by atoms with Crippen LogP contribution in [0, 0.1) is 0 Å². The summed E-state index contributed by atoms with van der Waals surface area (Å²) in [6.07, 6.45) is 0. The second-order valence-electron chi connectivity index (χ2n) is 5.54. The first-order valence-corrected chi connectivity index (χ1v) is 7.78. The van der Waals surface area contributed by atoms with E-state index in [4.69, 9.17) is 0 Å². The maximum atomic E-state index is 9.38. The number of hydrogen-bond donors (Lipinski definition) is 1. The molecule has 0 saturated carbocycles. The number of benzene rings is 1. The van der Waals surface area contributed by atoms with Crippen molar-refractivity contribution in [1.29, 1.82) is 0 Å². The number of piperazine rings is 3. The fourth-order valence-corrected chi connectivity index (χ4v) is 2.89. The van der Waals surface area contributed by atoms with E-state index in [2.05, 4.69) is 39.6 Å². The summed E-state index contributed by atoms with van der Waals surface area (Å²) in [7, 11) is 0. The first-order valence-electron chi connectivity index (χ1n) is 6.99. The molecule has 0 spiro atoms. The third-order valence-corrected chi connectivity index (χ3v) is 4.30. The second-order valence-corrected chi connectivity index (χ2v) is 6.46. The molecule has 0 amide bonds. The van der Waals surface area contributed by atoms with Gasteiger partial charge in [0.05, 0.1) is 0 Å². The van der Waals surface area contributed by atoms with Crippen LogP contribution in [0.3, 0.4) is 0 Å². The van der Waals surface area contributed by atoms with Crippen LogP contribution in [-0.4, -0.2) is 54.2 Å². The molecular weight excluding hydrogens is 304 g/mol. The molecule has 3 nitrogen and oxygen atoms in total. The first-order chi connectivity index (χ1) is 9.06. The molecule has 4 rings (SSSR count). The van der Waals surface area contributed by atoms with Gasteiger partial charge in [-0.15, -0.1) is 0 Å². The van der Waals surface area contributed by atoms with E-state index < -0.39 is 0 Å². The van der Waals surface area contributed by atoms with Gasteiger partial charge in [-0.1, -0.05) is 29.8 Å². The normalized spacial score (nSPS) is 25.1. The van der Waals surface area contributed by atoms with Crippen LogP contribution in [0.1, 0.15) is 25.3 Å². The minimum absolute atomic E-state index is 0.368. The van der Waals surface area contributed by atoms with Crippen LogP contribution in [0.2, 0.25) is 0 Å². The number of hydrogen-bond acceptors (Lipinski definition) is 3. The van der Waals surface area contributed by atoms with Crippen molar-refractivity contribution in [3.63, 3.8) is 0 Å². The number of halogens is 1. The Labute approximate surface area is 124 Å². The van der Waals surface area contributed by atoms with Crippen molar-refractivity contribution >= 4 is 15.9 Å². The quantitative estimate of drug-likeness (QED) is 0.859. The fourth-order valence-electron chi connectivity index (χ4n) is 2.51. The van der Waals surface area contributed by atoms with Crippen LogP contribution < -0.4 is 0 Å². The first kappa shape index (κ1) is 14.8. The highest BCUT2D eigenvalue weighted by Crippen LogP contribution is 2.27. The predicted octanol–water partition coefficient (Wildman–Crippen LogP) is 2.90. The van der Waals surface area contributed by atoms with Crippen LogP contribution in [0.5, 0.6) is 5.75 Å². The Kier molecular flexibility index (Phi) is 5.25. The number of nitrogens with zero attached hydrogens (tertiary/aromatic N) is 2. The molecule has 1 N–H and O–H groups in total. The molecule has 0 atom stereocenters. The predicted molar refractivity (Wildman–Crippen MR) is 82.8 cm³/mol. The van der Waals surface area contributed by atoms with Crippen LogP contribution >= 0.6 is 15.9 Å². The number of phenols is 1. The minimum atomic E-state index is 0.368. The molecule has 1 aromatic carbocycles. The molecule has 3 aliphatic heterocycles. The monoisotopic (exact) mass is 326 g/mol. The molecule has 3 saturated heterocycles. The van der Waals surface area contributed by atoms with Crippen molar-refractivity contribution in [2.45, 2.75) is 19.8 Å². The van der Waals surface area contributed by atoms with Gasteiger partial charge in [-0.3, -0.25) is 9.80 Å². The maximum Gasteiger partial charge on any atom is 0.119 e. The summed E-state index contributed by atoms with van der Waals surface area (Å²) in [5, 5.41) is 9.38.